The van der Waals surface area contributed by atoms with Gasteiger partial charge in [0.15, 0.2) is 0 Å². The van der Waals surface area contributed by atoms with Crippen LogP contribution in [-0.2, 0) is 6.54 Å². The molecule has 0 unspecified atom stereocenters. The summed E-state index contributed by atoms with van der Waals surface area (Å²) < 4.78 is 1.88. The van der Waals surface area contributed by atoms with E-state index in [9.17, 15) is 4.79 Å². The summed E-state index contributed by atoms with van der Waals surface area (Å²) in [6.07, 6.45) is 5.35. The van der Waals surface area contributed by atoms with Gasteiger partial charge >= 0.3 is 6.03 Å². The van der Waals surface area contributed by atoms with Crippen LogP contribution < -0.4 is 5.32 Å². The zero-order chi connectivity index (χ0) is 17.8. The number of rotatable bonds is 4. The van der Waals surface area contributed by atoms with Gasteiger partial charge in [-0.05, 0) is 31.7 Å². The highest BCUT2D eigenvalue weighted by Crippen LogP contribution is 2.25. The third-order valence-electron chi connectivity index (χ3n) is 4.41. The predicted octanol–water partition coefficient (Wildman–Crippen LogP) is 3.05. The lowest BCUT2D eigenvalue weighted by atomic mass is 9.95. The summed E-state index contributed by atoms with van der Waals surface area (Å²) in [7, 11) is 0. The second kappa shape index (κ2) is 7.63. The van der Waals surface area contributed by atoms with Gasteiger partial charge in [0.1, 0.15) is 12.1 Å². The Bertz CT molecular complexity index is 712. The van der Waals surface area contributed by atoms with E-state index in [0.717, 1.165) is 43.1 Å². The molecule has 2 aromatic heterocycles. The van der Waals surface area contributed by atoms with Gasteiger partial charge < -0.3 is 4.90 Å². The lowest BCUT2D eigenvalue weighted by Gasteiger charge is -2.32. The molecule has 0 aliphatic carbocycles. The SMILES string of the molecule is Cc1cc(NC(=O)N2CCC[C@H](c3ccncn3)C2)n(CC(C)C)n1. The molecule has 1 N–H and O–H groups in total. The Hall–Kier alpha value is -2.44. The van der Waals surface area contributed by atoms with Gasteiger partial charge in [-0.3, -0.25) is 5.32 Å². The van der Waals surface area contributed by atoms with Crippen molar-refractivity contribution >= 4 is 11.8 Å². The van der Waals surface area contributed by atoms with Crippen molar-refractivity contribution in [3.8, 4) is 0 Å². The van der Waals surface area contributed by atoms with Gasteiger partial charge in [-0.15, -0.1) is 0 Å². The molecule has 1 saturated heterocycles. The first-order chi connectivity index (χ1) is 12.0. The van der Waals surface area contributed by atoms with Crippen LogP contribution in [0.2, 0.25) is 0 Å². The van der Waals surface area contributed by atoms with E-state index in [1.807, 2.05) is 28.6 Å². The molecular weight excluding hydrogens is 316 g/mol. The number of hydrogen-bond acceptors (Lipinski definition) is 4. The van der Waals surface area contributed by atoms with E-state index in [2.05, 4.69) is 34.2 Å². The molecule has 134 valence electrons. The van der Waals surface area contributed by atoms with Crippen LogP contribution in [-0.4, -0.2) is 43.8 Å². The number of likely N-dealkylation sites (tertiary alicyclic amines) is 1. The molecule has 1 atom stereocenters. The van der Waals surface area contributed by atoms with Crippen molar-refractivity contribution in [1.29, 1.82) is 0 Å². The van der Waals surface area contributed by atoms with Crippen molar-refractivity contribution in [2.45, 2.75) is 46.1 Å². The summed E-state index contributed by atoms with van der Waals surface area (Å²) in [6, 6.07) is 3.79. The first-order valence-corrected chi connectivity index (χ1v) is 8.89. The van der Waals surface area contributed by atoms with Crippen molar-refractivity contribution < 1.29 is 4.79 Å². The van der Waals surface area contributed by atoms with Crippen LogP contribution in [0.15, 0.2) is 24.7 Å². The van der Waals surface area contributed by atoms with Crippen LogP contribution >= 0.6 is 0 Å². The van der Waals surface area contributed by atoms with Gasteiger partial charge in [0.25, 0.3) is 0 Å². The van der Waals surface area contributed by atoms with E-state index in [1.54, 1.807) is 12.5 Å². The van der Waals surface area contributed by atoms with Crippen LogP contribution in [0, 0.1) is 12.8 Å². The fourth-order valence-corrected chi connectivity index (χ4v) is 3.27. The van der Waals surface area contributed by atoms with E-state index < -0.39 is 0 Å². The number of carbonyl (C=O) groups excluding carboxylic acids is 1. The first-order valence-electron chi connectivity index (χ1n) is 8.89. The number of nitrogens with one attached hydrogen (secondary N) is 1. The third kappa shape index (κ3) is 4.35. The number of aromatic nitrogens is 4. The van der Waals surface area contributed by atoms with Crippen LogP contribution in [0.25, 0.3) is 0 Å². The first kappa shape index (κ1) is 17.4. The topological polar surface area (TPSA) is 75.9 Å². The minimum Gasteiger partial charge on any atom is -0.324 e. The highest BCUT2D eigenvalue weighted by Gasteiger charge is 2.26. The highest BCUT2D eigenvalue weighted by molar-refractivity contribution is 5.88. The zero-order valence-corrected chi connectivity index (χ0v) is 15.1. The van der Waals surface area contributed by atoms with E-state index in [-0.39, 0.29) is 11.9 Å². The number of urea groups is 1. The number of hydrogen-bond donors (Lipinski definition) is 1. The zero-order valence-electron chi connectivity index (χ0n) is 15.1. The third-order valence-corrected chi connectivity index (χ3v) is 4.41. The van der Waals surface area contributed by atoms with Crippen LogP contribution in [0.4, 0.5) is 10.6 Å². The van der Waals surface area contributed by atoms with Crippen molar-refractivity contribution in [2.24, 2.45) is 5.92 Å². The van der Waals surface area contributed by atoms with Crippen molar-refractivity contribution in [3.63, 3.8) is 0 Å². The minimum absolute atomic E-state index is 0.0661. The summed E-state index contributed by atoms with van der Waals surface area (Å²) >= 11 is 0. The molecule has 1 fully saturated rings. The van der Waals surface area contributed by atoms with Crippen molar-refractivity contribution in [1.82, 2.24) is 24.6 Å². The van der Waals surface area contributed by atoms with Crippen LogP contribution in [0.3, 0.4) is 0 Å². The molecule has 3 rings (SSSR count). The van der Waals surface area contributed by atoms with Gasteiger partial charge in [-0.25, -0.2) is 19.4 Å². The summed E-state index contributed by atoms with van der Waals surface area (Å²) in [5.74, 6) is 1.50. The molecule has 1 aliphatic rings. The lowest BCUT2D eigenvalue weighted by Crippen LogP contribution is -2.42. The Labute approximate surface area is 148 Å². The van der Waals surface area contributed by atoms with Gasteiger partial charge in [-0.2, -0.15) is 5.10 Å². The quantitative estimate of drug-likeness (QED) is 0.926. The highest BCUT2D eigenvalue weighted by atomic mass is 16.2. The summed E-state index contributed by atoms with van der Waals surface area (Å²) in [5, 5.41) is 7.51. The predicted molar refractivity (Wildman–Crippen MR) is 96.4 cm³/mol. The Morgan fingerprint density at radius 1 is 1.44 bits per heavy atom. The monoisotopic (exact) mass is 342 g/mol. The Balaban J connectivity index is 1.67. The molecule has 0 saturated carbocycles. The number of piperidine rings is 1. The average molecular weight is 342 g/mol. The second-order valence-corrected chi connectivity index (χ2v) is 7.10. The molecular formula is C18H26N6O. The molecule has 25 heavy (non-hydrogen) atoms. The Kier molecular flexibility index (Phi) is 5.31. The van der Waals surface area contributed by atoms with Crippen molar-refractivity contribution in [3.05, 3.63) is 36.0 Å². The minimum atomic E-state index is -0.0661. The van der Waals surface area contributed by atoms with Crippen LogP contribution in [0.1, 0.15) is 44.0 Å². The van der Waals surface area contributed by atoms with Gasteiger partial charge in [0, 0.05) is 43.5 Å². The summed E-state index contributed by atoms with van der Waals surface area (Å²) in [4.78, 5) is 22.9. The number of nitrogens with zero attached hydrogens (tertiary/aromatic N) is 5. The maximum absolute atomic E-state index is 12.7. The molecule has 0 aromatic carbocycles. The van der Waals surface area contributed by atoms with Crippen molar-refractivity contribution in [2.75, 3.05) is 18.4 Å². The average Bonchev–Trinajstić information content (AvgIpc) is 2.94. The fourth-order valence-electron chi connectivity index (χ4n) is 3.27. The van der Waals surface area contributed by atoms with Gasteiger partial charge in [-0.1, -0.05) is 13.8 Å². The standard InChI is InChI=1S/C18H26N6O/c1-13(2)10-24-17(9-14(3)22-24)21-18(25)23-8-4-5-15(11-23)16-6-7-19-12-20-16/h6-7,9,12-13,15H,4-5,8,10-11H2,1-3H3,(H,21,25)/t15-/m0/s1. The molecule has 7 heteroatoms. The lowest BCUT2D eigenvalue weighted by molar-refractivity contribution is 0.192. The van der Waals surface area contributed by atoms with E-state index in [1.165, 1.54) is 0 Å². The van der Waals surface area contributed by atoms with E-state index >= 15 is 0 Å². The molecule has 2 amide bonds. The number of anilines is 1. The number of amides is 2. The molecule has 0 bridgehead atoms. The van der Waals surface area contributed by atoms with E-state index in [0.29, 0.717) is 12.5 Å². The smallest absolute Gasteiger partial charge is 0.323 e. The fraction of sp³-hybridized carbons (Fsp3) is 0.556. The second-order valence-electron chi connectivity index (χ2n) is 7.10. The number of carbonyl (C=O) groups is 1. The maximum atomic E-state index is 12.7. The van der Waals surface area contributed by atoms with Crippen LogP contribution in [0.5, 0.6) is 0 Å². The summed E-state index contributed by atoms with van der Waals surface area (Å²) in [6.45, 7) is 8.45. The number of aryl methyl sites for hydroxylation is 1. The Morgan fingerprint density at radius 2 is 2.28 bits per heavy atom. The largest absolute Gasteiger partial charge is 0.324 e. The molecule has 2 aromatic rings. The van der Waals surface area contributed by atoms with Gasteiger partial charge in [0.2, 0.25) is 0 Å². The molecule has 0 radical (unpaired) electrons. The summed E-state index contributed by atoms with van der Waals surface area (Å²) in [5.41, 5.74) is 1.92. The molecule has 3 heterocycles. The molecule has 7 nitrogen and oxygen atoms in total. The Morgan fingerprint density at radius 3 is 3.00 bits per heavy atom. The normalized spacial score (nSPS) is 17.8. The molecule has 0 spiro atoms. The van der Waals surface area contributed by atoms with Gasteiger partial charge in [0.05, 0.1) is 5.69 Å². The maximum Gasteiger partial charge on any atom is 0.323 e. The van der Waals surface area contributed by atoms with E-state index in [4.69, 9.17) is 0 Å². The molecule has 1 aliphatic heterocycles.